The molecule has 1 amide bonds. The maximum absolute atomic E-state index is 13.2. The Morgan fingerprint density at radius 3 is 2.38 bits per heavy atom. The van der Waals surface area contributed by atoms with Crippen LogP contribution in [0.5, 0.6) is 0 Å². The summed E-state index contributed by atoms with van der Waals surface area (Å²) in [6.45, 7) is 0.422. The van der Waals surface area contributed by atoms with Crippen molar-refractivity contribution in [2.75, 3.05) is 18.4 Å². The van der Waals surface area contributed by atoms with Gasteiger partial charge in [0.05, 0.1) is 5.02 Å². The number of carbonyl (C=O) groups is 1. The van der Waals surface area contributed by atoms with Crippen molar-refractivity contribution in [1.29, 1.82) is 0 Å². The molecule has 5 nitrogen and oxygen atoms in total. The summed E-state index contributed by atoms with van der Waals surface area (Å²) in [5.41, 5.74) is 0.714. The molecular weight excluding hydrogens is 379 g/mol. The van der Waals surface area contributed by atoms with Crippen molar-refractivity contribution in [1.82, 2.24) is 4.31 Å². The summed E-state index contributed by atoms with van der Waals surface area (Å²) in [7, 11) is -3.81. The van der Waals surface area contributed by atoms with Crippen LogP contribution >= 0.6 is 11.6 Å². The van der Waals surface area contributed by atoms with Crippen LogP contribution in [-0.4, -0.2) is 31.7 Å². The fourth-order valence-corrected chi connectivity index (χ4v) is 4.92. The van der Waals surface area contributed by atoms with Crippen LogP contribution in [0.25, 0.3) is 0 Å². The molecule has 8 heteroatoms. The van der Waals surface area contributed by atoms with Crippen molar-refractivity contribution in [2.45, 2.75) is 17.7 Å². The zero-order valence-corrected chi connectivity index (χ0v) is 15.4. The minimum Gasteiger partial charge on any atom is -0.326 e. The van der Waals surface area contributed by atoms with E-state index in [9.17, 15) is 17.6 Å². The molecular formula is C18H18ClFN2O3S. The predicted octanol–water partition coefficient (Wildman–Crippen LogP) is 3.52. The van der Waals surface area contributed by atoms with Gasteiger partial charge in [-0.3, -0.25) is 4.79 Å². The van der Waals surface area contributed by atoms with Crippen LogP contribution in [0, 0.1) is 11.7 Å². The Labute approximate surface area is 156 Å². The molecule has 1 N–H and O–H groups in total. The van der Waals surface area contributed by atoms with Gasteiger partial charge in [-0.1, -0.05) is 29.8 Å². The molecule has 0 atom stereocenters. The monoisotopic (exact) mass is 396 g/mol. The smallest absolute Gasteiger partial charge is 0.244 e. The first-order valence-corrected chi connectivity index (χ1v) is 10.0. The fourth-order valence-electron chi connectivity index (χ4n) is 2.95. The Morgan fingerprint density at radius 2 is 1.77 bits per heavy atom. The molecule has 0 radical (unpaired) electrons. The lowest BCUT2D eigenvalue weighted by Gasteiger charge is -2.30. The number of nitrogens with zero attached hydrogens (tertiary/aromatic N) is 1. The van der Waals surface area contributed by atoms with Crippen LogP contribution in [0.15, 0.2) is 53.4 Å². The Hall–Kier alpha value is -1.96. The summed E-state index contributed by atoms with van der Waals surface area (Å²) in [4.78, 5) is 12.2. The number of amides is 1. The Kier molecular flexibility index (Phi) is 5.60. The highest BCUT2D eigenvalue weighted by molar-refractivity contribution is 7.89. The van der Waals surface area contributed by atoms with Gasteiger partial charge in [0.15, 0.2) is 0 Å². The van der Waals surface area contributed by atoms with Crippen molar-refractivity contribution in [3.8, 4) is 0 Å². The number of sulfonamides is 1. The minimum absolute atomic E-state index is 0.118. The van der Waals surface area contributed by atoms with Crippen molar-refractivity contribution in [3.05, 3.63) is 59.4 Å². The van der Waals surface area contributed by atoms with Gasteiger partial charge in [-0.15, -0.1) is 0 Å². The lowest BCUT2D eigenvalue weighted by Crippen LogP contribution is -2.41. The summed E-state index contributed by atoms with van der Waals surface area (Å²) < 4.78 is 39.9. The highest BCUT2D eigenvalue weighted by Crippen LogP contribution is 2.29. The van der Waals surface area contributed by atoms with E-state index >= 15 is 0 Å². The summed E-state index contributed by atoms with van der Waals surface area (Å²) in [5.74, 6) is -0.969. The number of para-hydroxylation sites is 1. The minimum atomic E-state index is -3.81. The molecule has 1 aliphatic rings. The van der Waals surface area contributed by atoms with Gasteiger partial charge in [-0.2, -0.15) is 4.31 Å². The van der Waals surface area contributed by atoms with Gasteiger partial charge < -0.3 is 5.32 Å². The Morgan fingerprint density at radius 1 is 1.12 bits per heavy atom. The second kappa shape index (κ2) is 7.73. The number of halogens is 2. The standard InChI is InChI=1S/C18H18ClFN2O3S/c19-16-12-14(20)6-7-17(16)26(24,25)22-10-8-13(9-11-22)18(23)21-15-4-2-1-3-5-15/h1-7,12-13H,8-11H2,(H,21,23). The van der Waals surface area contributed by atoms with E-state index in [0.717, 1.165) is 12.1 Å². The summed E-state index contributed by atoms with van der Waals surface area (Å²) in [6.07, 6.45) is 0.827. The summed E-state index contributed by atoms with van der Waals surface area (Å²) in [6, 6.07) is 12.3. The third-order valence-corrected chi connectivity index (χ3v) is 6.76. The van der Waals surface area contributed by atoms with Gasteiger partial charge in [0, 0.05) is 24.7 Å². The Balaban J connectivity index is 1.65. The molecule has 1 aliphatic heterocycles. The zero-order chi connectivity index (χ0) is 18.7. The molecule has 0 aromatic heterocycles. The quantitative estimate of drug-likeness (QED) is 0.859. The second-order valence-corrected chi connectivity index (χ2v) is 8.42. The third-order valence-electron chi connectivity index (χ3n) is 4.38. The van der Waals surface area contributed by atoms with E-state index in [1.165, 1.54) is 10.4 Å². The normalized spacial score (nSPS) is 16.4. The molecule has 0 spiro atoms. The number of anilines is 1. The largest absolute Gasteiger partial charge is 0.326 e. The second-order valence-electron chi connectivity index (χ2n) is 6.11. The van der Waals surface area contributed by atoms with Crippen LogP contribution in [0.4, 0.5) is 10.1 Å². The van der Waals surface area contributed by atoms with Gasteiger partial charge in [0.25, 0.3) is 0 Å². The van der Waals surface area contributed by atoms with Crippen LogP contribution in [0.2, 0.25) is 5.02 Å². The van der Waals surface area contributed by atoms with Crippen LogP contribution in [0.3, 0.4) is 0 Å². The van der Waals surface area contributed by atoms with E-state index in [-0.39, 0.29) is 34.8 Å². The molecule has 2 aromatic rings. The van der Waals surface area contributed by atoms with Crippen LogP contribution < -0.4 is 5.32 Å². The molecule has 138 valence electrons. The molecule has 0 saturated carbocycles. The van der Waals surface area contributed by atoms with Gasteiger partial charge in [-0.05, 0) is 43.2 Å². The average Bonchev–Trinajstić information content (AvgIpc) is 2.62. The molecule has 1 saturated heterocycles. The maximum Gasteiger partial charge on any atom is 0.244 e. The van der Waals surface area contributed by atoms with E-state index in [2.05, 4.69) is 5.32 Å². The summed E-state index contributed by atoms with van der Waals surface area (Å²) in [5, 5.41) is 2.70. The molecule has 0 aliphatic carbocycles. The van der Waals surface area contributed by atoms with E-state index in [1.807, 2.05) is 18.2 Å². The van der Waals surface area contributed by atoms with E-state index in [0.29, 0.717) is 18.5 Å². The number of rotatable bonds is 4. The Bertz CT molecular complexity index is 898. The maximum atomic E-state index is 13.2. The van der Waals surface area contributed by atoms with Crippen molar-refractivity contribution < 1.29 is 17.6 Å². The number of nitrogens with one attached hydrogen (secondary N) is 1. The van der Waals surface area contributed by atoms with Gasteiger partial charge in [-0.25, -0.2) is 12.8 Å². The van der Waals surface area contributed by atoms with Crippen molar-refractivity contribution in [3.63, 3.8) is 0 Å². The van der Waals surface area contributed by atoms with Crippen molar-refractivity contribution >= 4 is 33.2 Å². The molecule has 1 fully saturated rings. The molecule has 26 heavy (non-hydrogen) atoms. The highest BCUT2D eigenvalue weighted by atomic mass is 35.5. The summed E-state index contributed by atoms with van der Waals surface area (Å²) >= 11 is 5.89. The molecule has 3 rings (SSSR count). The lowest BCUT2D eigenvalue weighted by molar-refractivity contribution is -0.120. The van der Waals surface area contributed by atoms with Gasteiger partial charge >= 0.3 is 0 Å². The number of hydrogen-bond acceptors (Lipinski definition) is 3. The SMILES string of the molecule is O=C(Nc1ccccc1)C1CCN(S(=O)(=O)c2ccc(F)cc2Cl)CC1. The van der Waals surface area contributed by atoms with Gasteiger partial charge in [0.1, 0.15) is 10.7 Å². The number of hydrogen-bond donors (Lipinski definition) is 1. The topological polar surface area (TPSA) is 66.5 Å². The van der Waals surface area contributed by atoms with Crippen LogP contribution in [0.1, 0.15) is 12.8 Å². The third kappa shape index (κ3) is 4.06. The number of carbonyl (C=O) groups excluding carboxylic acids is 1. The average molecular weight is 397 g/mol. The zero-order valence-electron chi connectivity index (χ0n) is 13.9. The highest BCUT2D eigenvalue weighted by Gasteiger charge is 2.33. The van der Waals surface area contributed by atoms with Crippen molar-refractivity contribution in [2.24, 2.45) is 5.92 Å². The number of piperidine rings is 1. The van der Waals surface area contributed by atoms with E-state index in [1.54, 1.807) is 12.1 Å². The van der Waals surface area contributed by atoms with Crippen LogP contribution in [-0.2, 0) is 14.8 Å². The van der Waals surface area contributed by atoms with E-state index in [4.69, 9.17) is 11.6 Å². The first kappa shape index (κ1) is 18.8. The predicted molar refractivity (Wildman–Crippen MR) is 98.0 cm³/mol. The molecule has 1 heterocycles. The van der Waals surface area contributed by atoms with E-state index < -0.39 is 15.8 Å². The molecule has 0 bridgehead atoms. The van der Waals surface area contributed by atoms with Gasteiger partial charge in [0.2, 0.25) is 15.9 Å². The number of benzene rings is 2. The first-order valence-electron chi connectivity index (χ1n) is 8.19. The first-order chi connectivity index (χ1) is 12.4. The molecule has 2 aromatic carbocycles. The molecule has 0 unspecified atom stereocenters. The lowest BCUT2D eigenvalue weighted by atomic mass is 9.97. The fraction of sp³-hybridized carbons (Fsp3) is 0.278.